The molecule has 0 aliphatic heterocycles. The maximum atomic E-state index is 10.2. The molecule has 0 unspecified atom stereocenters. The first kappa shape index (κ1) is 14.0. The molecule has 0 saturated carbocycles. The number of thiol groups is 2. The molecule has 0 rings (SSSR count). The fourth-order valence-corrected chi connectivity index (χ4v) is 0.321. The van der Waals surface area contributed by atoms with Crippen molar-refractivity contribution in [3.63, 3.8) is 0 Å². The molecule has 0 spiro atoms. The second kappa shape index (κ2) is 8.57. The average Bonchev–Trinajstić information content (AvgIpc) is 1.87. The minimum atomic E-state index is -0.641. The standard InChI is InChI=1S/C4H6O3S2.K.H/c5-3(1-8)7-4(6)2-9;;/h8-9H,1-2H2;;. The summed E-state index contributed by atoms with van der Waals surface area (Å²) in [5.74, 6) is -1.45. The van der Waals surface area contributed by atoms with Gasteiger partial charge in [-0.05, 0) is 0 Å². The van der Waals surface area contributed by atoms with E-state index >= 15 is 0 Å². The molecule has 0 aromatic heterocycles. The second-order valence-corrected chi connectivity index (χ2v) is 1.79. The first-order valence-electron chi connectivity index (χ1n) is 2.16. The zero-order chi connectivity index (χ0) is 7.28. The second-order valence-electron chi connectivity index (χ2n) is 1.16. The van der Waals surface area contributed by atoms with Gasteiger partial charge in [-0.25, -0.2) is 0 Å². The van der Waals surface area contributed by atoms with Gasteiger partial charge in [0.05, 0.1) is 11.5 Å². The molecule has 0 bridgehead atoms. The third kappa shape index (κ3) is 7.58. The molecule has 0 radical (unpaired) electrons. The molecular weight excluding hydrogens is 199 g/mol. The zero-order valence-electron chi connectivity index (χ0n) is 4.53. The number of carbonyl (C=O) groups excluding carboxylic acids is 2. The monoisotopic (exact) mass is 206 g/mol. The van der Waals surface area contributed by atoms with Gasteiger partial charge in [0.15, 0.2) is 0 Å². The van der Waals surface area contributed by atoms with Crippen LogP contribution in [0.15, 0.2) is 0 Å². The number of ether oxygens (including phenoxy) is 1. The Bertz CT molecular complexity index is 114. The van der Waals surface area contributed by atoms with E-state index in [0.717, 1.165) is 0 Å². The summed E-state index contributed by atoms with van der Waals surface area (Å²) in [6, 6.07) is 0. The van der Waals surface area contributed by atoms with E-state index in [1.165, 1.54) is 0 Å². The van der Waals surface area contributed by atoms with E-state index in [4.69, 9.17) is 0 Å². The van der Waals surface area contributed by atoms with Crippen LogP contribution in [0.4, 0.5) is 0 Å². The van der Waals surface area contributed by atoms with Crippen LogP contribution in [0.1, 0.15) is 0 Å². The summed E-state index contributed by atoms with van der Waals surface area (Å²) in [5, 5.41) is 0. The third-order valence-electron chi connectivity index (χ3n) is 0.486. The summed E-state index contributed by atoms with van der Waals surface area (Å²) < 4.78 is 4.12. The molecule has 6 heteroatoms. The van der Waals surface area contributed by atoms with Gasteiger partial charge in [-0.15, -0.1) is 0 Å². The molecule has 0 heterocycles. The van der Waals surface area contributed by atoms with Crippen LogP contribution >= 0.6 is 25.3 Å². The summed E-state index contributed by atoms with van der Waals surface area (Å²) in [5.41, 5.74) is 0. The van der Waals surface area contributed by atoms with Gasteiger partial charge in [-0.2, -0.15) is 25.3 Å². The van der Waals surface area contributed by atoms with Crippen molar-refractivity contribution < 1.29 is 14.3 Å². The zero-order valence-corrected chi connectivity index (χ0v) is 6.32. The first-order valence-corrected chi connectivity index (χ1v) is 3.42. The van der Waals surface area contributed by atoms with Gasteiger partial charge in [0, 0.05) is 0 Å². The average molecular weight is 206 g/mol. The van der Waals surface area contributed by atoms with Gasteiger partial charge in [0.1, 0.15) is 0 Å². The van der Waals surface area contributed by atoms with Crippen molar-refractivity contribution in [2.45, 2.75) is 0 Å². The Labute approximate surface area is 113 Å². The molecule has 0 atom stereocenters. The molecule has 54 valence electrons. The van der Waals surface area contributed by atoms with Gasteiger partial charge in [0.2, 0.25) is 0 Å². The summed E-state index contributed by atoms with van der Waals surface area (Å²) >= 11 is 7.15. The van der Waals surface area contributed by atoms with Crippen LogP contribution in [-0.2, 0) is 14.3 Å². The molecule has 0 aromatic carbocycles. The van der Waals surface area contributed by atoms with Crippen LogP contribution in [0.25, 0.3) is 0 Å². The van der Waals surface area contributed by atoms with E-state index in [0.29, 0.717) is 0 Å². The fourth-order valence-electron chi connectivity index (χ4n) is 0.192. The Kier molecular flexibility index (Phi) is 12.0. The van der Waals surface area contributed by atoms with E-state index in [1.807, 2.05) is 0 Å². The van der Waals surface area contributed by atoms with Gasteiger partial charge < -0.3 is 4.74 Å². The normalized spacial score (nSPS) is 7.80. The Morgan fingerprint density at radius 1 is 1.10 bits per heavy atom. The Morgan fingerprint density at radius 3 is 1.60 bits per heavy atom. The minimum absolute atomic E-state index is 0. The van der Waals surface area contributed by atoms with Crippen molar-refractivity contribution in [2.24, 2.45) is 0 Å². The van der Waals surface area contributed by atoms with E-state index in [1.54, 1.807) is 0 Å². The summed E-state index contributed by atoms with van der Waals surface area (Å²) in [6.45, 7) is 0. The van der Waals surface area contributed by atoms with Crippen LogP contribution < -0.4 is 0 Å². The van der Waals surface area contributed by atoms with Gasteiger partial charge in [-0.3, -0.25) is 9.59 Å². The number of hydrogen-bond acceptors (Lipinski definition) is 5. The number of hydrogen-bond donors (Lipinski definition) is 2. The SMILES string of the molecule is O=C(CS)OC(=O)CS.[KH]. The van der Waals surface area contributed by atoms with Gasteiger partial charge >= 0.3 is 63.3 Å². The van der Waals surface area contributed by atoms with Crippen LogP contribution in [0.5, 0.6) is 0 Å². The summed E-state index contributed by atoms with van der Waals surface area (Å²) in [7, 11) is 0. The molecule has 0 saturated heterocycles. The Balaban J connectivity index is 0. The molecule has 0 aromatic rings. The molecule has 0 aliphatic carbocycles. The number of rotatable bonds is 2. The number of esters is 2. The predicted molar refractivity (Wildman–Crippen MR) is 46.0 cm³/mol. The van der Waals surface area contributed by atoms with Crippen LogP contribution in [0.2, 0.25) is 0 Å². The fraction of sp³-hybridized carbons (Fsp3) is 0.500. The molecule has 0 N–H and O–H groups in total. The van der Waals surface area contributed by atoms with E-state index in [-0.39, 0.29) is 62.9 Å². The molecular formula is C4H7KO3S2. The van der Waals surface area contributed by atoms with Crippen molar-refractivity contribution in [3.8, 4) is 0 Å². The predicted octanol–water partition coefficient (Wildman–Crippen LogP) is -0.733. The van der Waals surface area contributed by atoms with Gasteiger partial charge in [-0.1, -0.05) is 0 Å². The van der Waals surface area contributed by atoms with Crippen molar-refractivity contribution in [1.29, 1.82) is 0 Å². The van der Waals surface area contributed by atoms with E-state index in [2.05, 4.69) is 30.0 Å². The Morgan fingerprint density at radius 2 is 1.40 bits per heavy atom. The molecule has 0 aliphatic rings. The van der Waals surface area contributed by atoms with Gasteiger partial charge in [0.25, 0.3) is 0 Å². The van der Waals surface area contributed by atoms with E-state index in [9.17, 15) is 9.59 Å². The molecule has 10 heavy (non-hydrogen) atoms. The van der Waals surface area contributed by atoms with Crippen LogP contribution in [0, 0.1) is 0 Å². The van der Waals surface area contributed by atoms with Crippen molar-refractivity contribution >= 4 is 88.6 Å². The molecule has 3 nitrogen and oxygen atoms in total. The number of carbonyl (C=O) groups is 2. The van der Waals surface area contributed by atoms with Crippen molar-refractivity contribution in [1.82, 2.24) is 0 Å². The topological polar surface area (TPSA) is 43.4 Å². The molecule has 0 amide bonds. The third-order valence-corrected chi connectivity index (χ3v) is 1.00. The van der Waals surface area contributed by atoms with Crippen molar-refractivity contribution in [3.05, 3.63) is 0 Å². The molecule has 0 fully saturated rings. The maximum absolute atomic E-state index is 10.2. The quantitative estimate of drug-likeness (QED) is 0.271. The van der Waals surface area contributed by atoms with Crippen LogP contribution in [-0.4, -0.2) is 74.8 Å². The first-order chi connectivity index (χ1) is 4.20. The van der Waals surface area contributed by atoms with Crippen LogP contribution in [0.3, 0.4) is 0 Å². The summed E-state index contributed by atoms with van der Waals surface area (Å²) in [4.78, 5) is 20.5. The Hall–Kier alpha value is 1.48. The summed E-state index contributed by atoms with van der Waals surface area (Å²) in [6.07, 6.45) is 0. The van der Waals surface area contributed by atoms with Crippen molar-refractivity contribution in [2.75, 3.05) is 11.5 Å². The van der Waals surface area contributed by atoms with E-state index < -0.39 is 11.9 Å².